The summed E-state index contributed by atoms with van der Waals surface area (Å²) in [6.07, 6.45) is 3.60. The number of aromatic nitrogens is 1. The lowest BCUT2D eigenvalue weighted by Crippen LogP contribution is -2.42. The number of hydrogen-bond donors (Lipinski definition) is 2. The predicted octanol–water partition coefficient (Wildman–Crippen LogP) is 0.880. The Morgan fingerprint density at radius 2 is 2.22 bits per heavy atom. The molecular weight excluding hydrogens is 230 g/mol. The molecule has 0 saturated carbocycles. The Kier molecular flexibility index (Phi) is 4.15. The van der Waals surface area contributed by atoms with Crippen molar-refractivity contribution in [2.75, 3.05) is 20.2 Å². The zero-order valence-electron chi connectivity index (χ0n) is 10.8. The second kappa shape index (κ2) is 5.82. The van der Waals surface area contributed by atoms with Gasteiger partial charge in [0.15, 0.2) is 0 Å². The van der Waals surface area contributed by atoms with Crippen LogP contribution in [0.4, 0.5) is 0 Å². The fraction of sp³-hybridized carbons (Fsp3) is 0.538. The molecule has 1 aromatic heterocycles. The Balaban J connectivity index is 2.03. The number of nitrogens with zero attached hydrogens (tertiary/aromatic N) is 1. The quantitative estimate of drug-likeness (QED) is 0.834. The summed E-state index contributed by atoms with van der Waals surface area (Å²) in [5.74, 6) is 0.570. The van der Waals surface area contributed by atoms with Crippen LogP contribution in [0.1, 0.15) is 28.9 Å². The van der Waals surface area contributed by atoms with Crippen LogP contribution >= 0.6 is 0 Å². The first-order valence-electron chi connectivity index (χ1n) is 6.23. The zero-order chi connectivity index (χ0) is 13.0. The van der Waals surface area contributed by atoms with Crippen LogP contribution in [0, 0.1) is 6.92 Å². The Hall–Kier alpha value is -1.62. The van der Waals surface area contributed by atoms with Gasteiger partial charge in [-0.05, 0) is 32.9 Å². The fourth-order valence-corrected chi connectivity index (χ4v) is 2.07. The topological polar surface area (TPSA) is 63.2 Å². The maximum absolute atomic E-state index is 12.0. The minimum absolute atomic E-state index is 0.125. The van der Waals surface area contributed by atoms with Crippen molar-refractivity contribution in [3.8, 4) is 5.75 Å². The van der Waals surface area contributed by atoms with Crippen molar-refractivity contribution in [1.82, 2.24) is 15.6 Å². The van der Waals surface area contributed by atoms with Crippen molar-refractivity contribution in [3.63, 3.8) is 0 Å². The summed E-state index contributed by atoms with van der Waals surface area (Å²) in [5, 5.41) is 6.28. The molecule has 1 amide bonds. The molecule has 1 aliphatic rings. The van der Waals surface area contributed by atoms with Gasteiger partial charge in [-0.15, -0.1) is 0 Å². The van der Waals surface area contributed by atoms with Gasteiger partial charge >= 0.3 is 0 Å². The number of pyridine rings is 1. The highest BCUT2D eigenvalue weighted by molar-refractivity contribution is 5.92. The van der Waals surface area contributed by atoms with Gasteiger partial charge in [-0.25, -0.2) is 0 Å². The third-order valence-electron chi connectivity index (χ3n) is 3.18. The van der Waals surface area contributed by atoms with Gasteiger partial charge in [0.25, 0.3) is 5.91 Å². The minimum Gasteiger partial charge on any atom is -0.496 e. The van der Waals surface area contributed by atoms with Gasteiger partial charge in [-0.3, -0.25) is 9.78 Å². The molecule has 1 fully saturated rings. The summed E-state index contributed by atoms with van der Waals surface area (Å²) in [6, 6.07) is 1.93. The average molecular weight is 249 g/mol. The Morgan fingerprint density at radius 1 is 1.50 bits per heavy atom. The molecule has 1 aliphatic heterocycles. The van der Waals surface area contributed by atoms with Gasteiger partial charge < -0.3 is 15.4 Å². The number of ether oxygens (including phenoxy) is 1. The molecule has 0 unspecified atom stereocenters. The van der Waals surface area contributed by atoms with Crippen LogP contribution in [0.5, 0.6) is 5.75 Å². The van der Waals surface area contributed by atoms with E-state index in [1.807, 2.05) is 6.92 Å². The predicted molar refractivity (Wildman–Crippen MR) is 68.9 cm³/mol. The molecule has 2 N–H and O–H groups in total. The van der Waals surface area contributed by atoms with Crippen LogP contribution in [-0.4, -0.2) is 37.1 Å². The SMILES string of the molecule is COc1cc(C(=O)NC2CCNCC2)ncc1C. The number of aryl methyl sites for hydroxylation is 1. The number of carbonyl (C=O) groups excluding carboxylic acids is 1. The highest BCUT2D eigenvalue weighted by Crippen LogP contribution is 2.17. The molecule has 18 heavy (non-hydrogen) atoms. The van der Waals surface area contributed by atoms with E-state index >= 15 is 0 Å². The first kappa shape index (κ1) is 12.8. The van der Waals surface area contributed by atoms with Crippen molar-refractivity contribution in [2.24, 2.45) is 0 Å². The van der Waals surface area contributed by atoms with Crippen LogP contribution in [0.2, 0.25) is 0 Å². The first-order chi connectivity index (χ1) is 8.70. The van der Waals surface area contributed by atoms with Crippen molar-refractivity contribution in [1.29, 1.82) is 0 Å². The third-order valence-corrected chi connectivity index (χ3v) is 3.18. The van der Waals surface area contributed by atoms with Gasteiger partial charge in [0.2, 0.25) is 0 Å². The average Bonchev–Trinajstić information content (AvgIpc) is 2.40. The maximum atomic E-state index is 12.0. The molecule has 5 nitrogen and oxygen atoms in total. The largest absolute Gasteiger partial charge is 0.496 e. The van der Waals surface area contributed by atoms with E-state index in [1.165, 1.54) is 0 Å². The molecule has 98 valence electrons. The Labute approximate surface area is 107 Å². The van der Waals surface area contributed by atoms with Crippen LogP contribution in [-0.2, 0) is 0 Å². The Bertz CT molecular complexity index is 428. The first-order valence-corrected chi connectivity index (χ1v) is 6.23. The maximum Gasteiger partial charge on any atom is 0.270 e. The summed E-state index contributed by atoms with van der Waals surface area (Å²) in [5.41, 5.74) is 1.34. The molecule has 0 aliphatic carbocycles. The van der Waals surface area contributed by atoms with E-state index in [1.54, 1.807) is 19.4 Å². The molecule has 1 aromatic rings. The van der Waals surface area contributed by atoms with Crippen molar-refractivity contribution < 1.29 is 9.53 Å². The smallest absolute Gasteiger partial charge is 0.270 e. The highest BCUT2D eigenvalue weighted by Gasteiger charge is 2.17. The second-order valence-corrected chi connectivity index (χ2v) is 4.54. The van der Waals surface area contributed by atoms with Crippen molar-refractivity contribution in [3.05, 3.63) is 23.5 Å². The highest BCUT2D eigenvalue weighted by atomic mass is 16.5. The molecule has 0 atom stereocenters. The van der Waals surface area contributed by atoms with E-state index in [0.29, 0.717) is 11.4 Å². The normalized spacial score (nSPS) is 16.3. The summed E-state index contributed by atoms with van der Waals surface area (Å²) >= 11 is 0. The van der Waals surface area contributed by atoms with E-state index < -0.39 is 0 Å². The zero-order valence-corrected chi connectivity index (χ0v) is 10.8. The molecule has 2 rings (SSSR count). The number of rotatable bonds is 3. The third kappa shape index (κ3) is 2.98. The standard InChI is InChI=1S/C13H19N3O2/c1-9-8-15-11(7-12(9)18-2)13(17)16-10-3-5-14-6-4-10/h7-8,10,14H,3-6H2,1-2H3,(H,16,17). The van der Waals surface area contributed by atoms with E-state index in [9.17, 15) is 4.79 Å². The molecule has 1 saturated heterocycles. The molecule has 0 radical (unpaired) electrons. The molecule has 0 bridgehead atoms. The number of nitrogens with one attached hydrogen (secondary N) is 2. The molecule has 0 spiro atoms. The van der Waals surface area contributed by atoms with Gasteiger partial charge in [0.1, 0.15) is 11.4 Å². The molecule has 2 heterocycles. The number of amides is 1. The fourth-order valence-electron chi connectivity index (χ4n) is 2.07. The summed E-state index contributed by atoms with van der Waals surface area (Å²) in [4.78, 5) is 16.2. The van der Waals surface area contributed by atoms with Crippen LogP contribution in [0.3, 0.4) is 0 Å². The Morgan fingerprint density at radius 3 is 2.89 bits per heavy atom. The number of carbonyl (C=O) groups is 1. The number of methoxy groups -OCH3 is 1. The lowest BCUT2D eigenvalue weighted by Gasteiger charge is -2.23. The number of piperidine rings is 1. The van der Waals surface area contributed by atoms with Crippen LogP contribution < -0.4 is 15.4 Å². The summed E-state index contributed by atoms with van der Waals surface area (Å²) in [6.45, 7) is 3.81. The number of hydrogen-bond acceptors (Lipinski definition) is 4. The van der Waals surface area contributed by atoms with E-state index in [-0.39, 0.29) is 11.9 Å². The summed E-state index contributed by atoms with van der Waals surface area (Å²) in [7, 11) is 1.59. The van der Waals surface area contributed by atoms with E-state index in [0.717, 1.165) is 31.5 Å². The van der Waals surface area contributed by atoms with E-state index in [4.69, 9.17) is 4.74 Å². The molecule has 5 heteroatoms. The lowest BCUT2D eigenvalue weighted by molar-refractivity contribution is 0.0924. The van der Waals surface area contributed by atoms with Crippen LogP contribution in [0.25, 0.3) is 0 Å². The van der Waals surface area contributed by atoms with Crippen LogP contribution in [0.15, 0.2) is 12.3 Å². The van der Waals surface area contributed by atoms with Gasteiger partial charge in [0.05, 0.1) is 7.11 Å². The lowest BCUT2D eigenvalue weighted by atomic mass is 10.1. The van der Waals surface area contributed by atoms with Gasteiger partial charge in [-0.2, -0.15) is 0 Å². The van der Waals surface area contributed by atoms with E-state index in [2.05, 4.69) is 15.6 Å². The van der Waals surface area contributed by atoms with Gasteiger partial charge in [0, 0.05) is 23.9 Å². The van der Waals surface area contributed by atoms with Gasteiger partial charge in [-0.1, -0.05) is 0 Å². The second-order valence-electron chi connectivity index (χ2n) is 4.54. The monoisotopic (exact) mass is 249 g/mol. The summed E-state index contributed by atoms with van der Waals surface area (Å²) < 4.78 is 5.20. The molecule has 0 aromatic carbocycles. The van der Waals surface area contributed by atoms with Crippen molar-refractivity contribution >= 4 is 5.91 Å². The molecular formula is C13H19N3O2. The van der Waals surface area contributed by atoms with Crippen molar-refractivity contribution in [2.45, 2.75) is 25.8 Å². The minimum atomic E-state index is -0.125.